The van der Waals surface area contributed by atoms with Gasteiger partial charge >= 0.3 is 6.09 Å². The van der Waals surface area contributed by atoms with E-state index in [2.05, 4.69) is 5.32 Å². The third-order valence-corrected chi connectivity index (χ3v) is 6.51. The maximum atomic E-state index is 11.7. The molecule has 0 spiro atoms. The second kappa shape index (κ2) is 9.50. The van der Waals surface area contributed by atoms with Gasteiger partial charge in [-0.2, -0.15) is 8.61 Å². The maximum Gasteiger partial charge on any atom is 0.410 e. The fourth-order valence-corrected chi connectivity index (χ4v) is 4.18. The SMILES string of the molecule is CC(C)(C)OC(=O)N1CCN(S(C)(=O)=O)CC1.CS(=O)(=O)N1CCNCC1. The van der Waals surface area contributed by atoms with E-state index in [1.54, 1.807) is 20.8 Å². The van der Waals surface area contributed by atoms with Crippen LogP contribution in [0, 0.1) is 0 Å². The second-order valence-corrected chi connectivity index (χ2v) is 11.5. The molecule has 27 heavy (non-hydrogen) atoms. The third-order valence-electron chi connectivity index (χ3n) is 3.90. The molecule has 2 fully saturated rings. The Morgan fingerprint density at radius 1 is 0.815 bits per heavy atom. The van der Waals surface area contributed by atoms with Gasteiger partial charge in [0.1, 0.15) is 5.60 Å². The Morgan fingerprint density at radius 3 is 1.56 bits per heavy atom. The molecule has 12 heteroatoms. The predicted molar refractivity (Wildman–Crippen MR) is 104 cm³/mol. The van der Waals surface area contributed by atoms with E-state index in [1.807, 2.05) is 0 Å². The van der Waals surface area contributed by atoms with E-state index in [4.69, 9.17) is 4.74 Å². The summed E-state index contributed by atoms with van der Waals surface area (Å²) in [5, 5.41) is 3.08. The summed E-state index contributed by atoms with van der Waals surface area (Å²) >= 11 is 0. The van der Waals surface area contributed by atoms with E-state index in [0.717, 1.165) is 13.1 Å². The number of hydrogen-bond donors (Lipinski definition) is 1. The zero-order valence-electron chi connectivity index (χ0n) is 16.8. The highest BCUT2D eigenvalue weighted by molar-refractivity contribution is 7.88. The lowest BCUT2D eigenvalue weighted by molar-refractivity contribution is 0.0193. The highest BCUT2D eigenvalue weighted by Crippen LogP contribution is 2.12. The summed E-state index contributed by atoms with van der Waals surface area (Å²) in [7, 11) is -6.09. The van der Waals surface area contributed by atoms with Crippen molar-refractivity contribution in [2.24, 2.45) is 0 Å². The molecule has 0 atom stereocenters. The molecule has 0 aromatic heterocycles. The fourth-order valence-electron chi connectivity index (χ4n) is 2.50. The van der Waals surface area contributed by atoms with E-state index < -0.39 is 25.6 Å². The van der Waals surface area contributed by atoms with Crippen molar-refractivity contribution < 1.29 is 26.4 Å². The van der Waals surface area contributed by atoms with Crippen LogP contribution in [0.2, 0.25) is 0 Å². The number of carbonyl (C=O) groups is 1. The van der Waals surface area contributed by atoms with Crippen molar-refractivity contribution in [3.63, 3.8) is 0 Å². The molecular formula is C15H32N4O6S2. The minimum atomic E-state index is -3.16. The van der Waals surface area contributed by atoms with Gasteiger partial charge < -0.3 is 15.0 Å². The average Bonchev–Trinajstić information content (AvgIpc) is 2.53. The first kappa shape index (κ1) is 24.1. The van der Waals surface area contributed by atoms with E-state index >= 15 is 0 Å². The fraction of sp³-hybridized carbons (Fsp3) is 0.933. The Morgan fingerprint density at radius 2 is 1.22 bits per heavy atom. The number of amides is 1. The van der Waals surface area contributed by atoms with Crippen molar-refractivity contribution >= 4 is 26.1 Å². The zero-order chi connectivity index (χ0) is 20.9. The smallest absolute Gasteiger partial charge is 0.410 e. The van der Waals surface area contributed by atoms with Crippen LogP contribution in [0.3, 0.4) is 0 Å². The van der Waals surface area contributed by atoms with Gasteiger partial charge in [-0.15, -0.1) is 0 Å². The van der Waals surface area contributed by atoms with Gasteiger partial charge in [0.15, 0.2) is 0 Å². The Balaban J connectivity index is 0.000000309. The molecule has 1 N–H and O–H groups in total. The number of ether oxygens (including phenoxy) is 1. The number of nitrogens with zero attached hydrogens (tertiary/aromatic N) is 3. The van der Waals surface area contributed by atoms with E-state index in [1.165, 1.54) is 26.0 Å². The largest absolute Gasteiger partial charge is 0.444 e. The molecular weight excluding hydrogens is 396 g/mol. The normalized spacial score (nSPS) is 20.6. The van der Waals surface area contributed by atoms with Crippen LogP contribution in [0.15, 0.2) is 0 Å². The number of rotatable bonds is 2. The summed E-state index contributed by atoms with van der Waals surface area (Å²) in [6.45, 7) is 9.59. The minimum Gasteiger partial charge on any atom is -0.444 e. The summed E-state index contributed by atoms with van der Waals surface area (Å²) < 4.78 is 52.4. The van der Waals surface area contributed by atoms with Crippen LogP contribution in [0.25, 0.3) is 0 Å². The van der Waals surface area contributed by atoms with Crippen molar-refractivity contribution in [1.82, 2.24) is 18.8 Å². The van der Waals surface area contributed by atoms with Crippen LogP contribution in [-0.2, 0) is 24.8 Å². The molecule has 1 amide bonds. The van der Waals surface area contributed by atoms with Crippen molar-refractivity contribution in [3.8, 4) is 0 Å². The lowest BCUT2D eigenvalue weighted by Crippen LogP contribution is -2.51. The maximum absolute atomic E-state index is 11.7. The number of nitrogens with one attached hydrogen (secondary N) is 1. The molecule has 2 heterocycles. The van der Waals surface area contributed by atoms with Crippen LogP contribution in [-0.4, -0.2) is 107 Å². The number of piperazine rings is 2. The van der Waals surface area contributed by atoms with Gasteiger partial charge in [0, 0.05) is 52.4 Å². The highest BCUT2D eigenvalue weighted by atomic mass is 32.2. The van der Waals surface area contributed by atoms with Crippen LogP contribution < -0.4 is 5.32 Å². The van der Waals surface area contributed by atoms with Crippen molar-refractivity contribution in [3.05, 3.63) is 0 Å². The van der Waals surface area contributed by atoms with Crippen LogP contribution in [0.4, 0.5) is 4.79 Å². The van der Waals surface area contributed by atoms with Gasteiger partial charge in [0.05, 0.1) is 12.5 Å². The molecule has 0 bridgehead atoms. The molecule has 160 valence electrons. The first-order valence-electron chi connectivity index (χ1n) is 8.79. The monoisotopic (exact) mass is 428 g/mol. The summed E-state index contributed by atoms with van der Waals surface area (Å²) in [5.74, 6) is 0. The number of sulfonamides is 2. The van der Waals surface area contributed by atoms with Crippen LogP contribution in [0.5, 0.6) is 0 Å². The zero-order valence-corrected chi connectivity index (χ0v) is 18.4. The molecule has 2 rings (SSSR count). The average molecular weight is 429 g/mol. The van der Waals surface area contributed by atoms with Gasteiger partial charge in [0.25, 0.3) is 0 Å². The first-order valence-corrected chi connectivity index (χ1v) is 12.5. The molecule has 10 nitrogen and oxygen atoms in total. The topological polar surface area (TPSA) is 116 Å². The molecule has 0 aromatic rings. The molecule has 2 aliphatic heterocycles. The first-order chi connectivity index (χ1) is 12.2. The summed E-state index contributed by atoms with van der Waals surface area (Å²) in [6.07, 6.45) is 2.04. The minimum absolute atomic E-state index is 0.331. The van der Waals surface area contributed by atoms with E-state index in [-0.39, 0.29) is 6.09 Å². The van der Waals surface area contributed by atoms with E-state index in [9.17, 15) is 21.6 Å². The van der Waals surface area contributed by atoms with Gasteiger partial charge in [-0.25, -0.2) is 21.6 Å². The summed E-state index contributed by atoms with van der Waals surface area (Å²) in [5.41, 5.74) is -0.523. The molecule has 2 aliphatic rings. The molecule has 2 saturated heterocycles. The Bertz CT molecular complexity index is 688. The van der Waals surface area contributed by atoms with Crippen molar-refractivity contribution in [1.29, 1.82) is 0 Å². The summed E-state index contributed by atoms with van der Waals surface area (Å²) in [6, 6.07) is 0. The predicted octanol–water partition coefficient (Wildman–Crippen LogP) is -0.650. The van der Waals surface area contributed by atoms with Gasteiger partial charge in [0.2, 0.25) is 20.0 Å². The number of hydrogen-bond acceptors (Lipinski definition) is 7. The van der Waals surface area contributed by atoms with Gasteiger partial charge in [-0.05, 0) is 20.8 Å². The van der Waals surface area contributed by atoms with Gasteiger partial charge in [-0.1, -0.05) is 0 Å². The summed E-state index contributed by atoms with van der Waals surface area (Å²) in [4.78, 5) is 13.2. The van der Waals surface area contributed by atoms with Gasteiger partial charge in [-0.3, -0.25) is 0 Å². The number of carbonyl (C=O) groups excluding carboxylic acids is 1. The van der Waals surface area contributed by atoms with Crippen molar-refractivity contribution in [2.75, 3.05) is 64.9 Å². The van der Waals surface area contributed by atoms with Crippen LogP contribution in [0.1, 0.15) is 20.8 Å². The van der Waals surface area contributed by atoms with Crippen LogP contribution >= 0.6 is 0 Å². The Kier molecular flexibility index (Phi) is 8.48. The molecule has 0 aromatic carbocycles. The van der Waals surface area contributed by atoms with E-state index in [0.29, 0.717) is 39.3 Å². The van der Waals surface area contributed by atoms with Crippen molar-refractivity contribution in [2.45, 2.75) is 26.4 Å². The Hall–Kier alpha value is -0.950. The lowest BCUT2D eigenvalue weighted by Gasteiger charge is -2.34. The molecule has 0 radical (unpaired) electrons. The second-order valence-electron chi connectivity index (χ2n) is 7.54. The standard InChI is InChI=1S/C10H20N2O4S.C5H12N2O2S/c1-10(2,3)16-9(13)11-5-7-12(8-6-11)17(4,14)15;1-10(8,9)7-4-2-6-3-5-7/h5-8H2,1-4H3;6H,2-5H2,1H3. The molecule has 0 saturated carbocycles. The third kappa shape index (κ3) is 9.19. The molecule has 0 unspecified atom stereocenters. The quantitative estimate of drug-likeness (QED) is 0.621. The lowest BCUT2D eigenvalue weighted by atomic mass is 10.2. The molecule has 0 aliphatic carbocycles. The highest BCUT2D eigenvalue weighted by Gasteiger charge is 2.28. The Labute approximate surface area is 162 Å².